The molecule has 0 fully saturated rings. The van der Waals surface area contributed by atoms with Crippen LogP contribution in [0.25, 0.3) is 10.2 Å². The van der Waals surface area contributed by atoms with Gasteiger partial charge in [0, 0.05) is 22.7 Å². The molecule has 1 N–H and O–H groups in total. The second-order valence-electron chi connectivity index (χ2n) is 7.49. The summed E-state index contributed by atoms with van der Waals surface area (Å²) in [5.41, 5.74) is 1.81. The number of ether oxygens (including phenoxy) is 1. The van der Waals surface area contributed by atoms with Crippen molar-refractivity contribution in [1.82, 2.24) is 9.55 Å². The summed E-state index contributed by atoms with van der Waals surface area (Å²) in [6.45, 7) is 2.61. The topological polar surface area (TPSA) is 73.2 Å². The van der Waals surface area contributed by atoms with Crippen LogP contribution in [0.15, 0.2) is 34.2 Å². The molecule has 0 radical (unpaired) electrons. The Balaban J connectivity index is 1.64. The highest BCUT2D eigenvalue weighted by atomic mass is 35.5. The number of aryl methyl sites for hydroxylation is 2. The Bertz CT molecular complexity index is 1160. The summed E-state index contributed by atoms with van der Waals surface area (Å²) in [5.74, 6) is -0.162. The number of thioether (sulfide) groups is 1. The first-order valence-electron chi connectivity index (χ1n) is 10.2. The summed E-state index contributed by atoms with van der Waals surface area (Å²) < 4.78 is 6.88. The summed E-state index contributed by atoms with van der Waals surface area (Å²) in [6, 6.07) is 6.97. The molecule has 1 amide bonds. The van der Waals surface area contributed by atoms with Crippen molar-refractivity contribution < 1.29 is 9.53 Å². The molecule has 0 saturated carbocycles. The highest BCUT2D eigenvalue weighted by Gasteiger charge is 2.24. The van der Waals surface area contributed by atoms with E-state index in [0.29, 0.717) is 29.0 Å². The van der Waals surface area contributed by atoms with Crippen LogP contribution in [0.1, 0.15) is 30.2 Å². The average molecular weight is 478 g/mol. The SMILES string of the molecule is COCCn1c(S[C@@H](C)C(=O)Nc2ccc(Cl)cc2)nc2sc3c(c2c1=O)CCCC3. The van der Waals surface area contributed by atoms with E-state index >= 15 is 0 Å². The van der Waals surface area contributed by atoms with Gasteiger partial charge in [-0.25, -0.2) is 4.98 Å². The molecule has 0 aliphatic heterocycles. The maximum atomic E-state index is 13.4. The van der Waals surface area contributed by atoms with E-state index in [4.69, 9.17) is 21.3 Å². The summed E-state index contributed by atoms with van der Waals surface area (Å²) in [7, 11) is 1.61. The molecule has 9 heteroatoms. The number of rotatable bonds is 7. The lowest BCUT2D eigenvalue weighted by Gasteiger charge is -2.16. The molecule has 6 nitrogen and oxygen atoms in total. The molecule has 4 rings (SSSR count). The first-order chi connectivity index (χ1) is 15.0. The number of amides is 1. The maximum absolute atomic E-state index is 13.4. The molecule has 2 aromatic heterocycles. The second kappa shape index (κ2) is 9.73. The summed E-state index contributed by atoms with van der Waals surface area (Å²) >= 11 is 8.82. The molecule has 0 saturated heterocycles. The van der Waals surface area contributed by atoms with E-state index in [-0.39, 0.29) is 11.5 Å². The Morgan fingerprint density at radius 1 is 1.32 bits per heavy atom. The van der Waals surface area contributed by atoms with Crippen LogP contribution in [0.5, 0.6) is 0 Å². The highest BCUT2D eigenvalue weighted by Crippen LogP contribution is 2.35. The van der Waals surface area contributed by atoms with Crippen LogP contribution in [-0.2, 0) is 28.9 Å². The lowest BCUT2D eigenvalue weighted by molar-refractivity contribution is -0.115. The van der Waals surface area contributed by atoms with Crippen molar-refractivity contribution in [2.75, 3.05) is 19.0 Å². The van der Waals surface area contributed by atoms with Gasteiger partial charge in [0.05, 0.1) is 23.8 Å². The van der Waals surface area contributed by atoms with Crippen LogP contribution in [0, 0.1) is 0 Å². The Labute approximate surface area is 194 Å². The number of fused-ring (bicyclic) bond motifs is 3. The zero-order valence-corrected chi connectivity index (χ0v) is 19.8. The van der Waals surface area contributed by atoms with Crippen LogP contribution >= 0.6 is 34.7 Å². The summed E-state index contributed by atoms with van der Waals surface area (Å²) in [5, 5.41) is 4.35. The second-order valence-corrected chi connectivity index (χ2v) is 10.3. The Morgan fingerprint density at radius 3 is 2.81 bits per heavy atom. The van der Waals surface area contributed by atoms with Gasteiger partial charge in [-0.1, -0.05) is 23.4 Å². The predicted molar refractivity (Wildman–Crippen MR) is 128 cm³/mol. The molecular weight excluding hydrogens is 454 g/mol. The van der Waals surface area contributed by atoms with Gasteiger partial charge in [-0.2, -0.15) is 0 Å². The van der Waals surface area contributed by atoms with Gasteiger partial charge in [0.1, 0.15) is 4.83 Å². The molecule has 164 valence electrons. The molecule has 0 spiro atoms. The number of anilines is 1. The number of carbonyl (C=O) groups excluding carboxylic acids is 1. The van der Waals surface area contributed by atoms with E-state index in [1.165, 1.54) is 22.2 Å². The highest BCUT2D eigenvalue weighted by molar-refractivity contribution is 8.00. The van der Waals surface area contributed by atoms with Gasteiger partial charge < -0.3 is 10.1 Å². The van der Waals surface area contributed by atoms with Crippen LogP contribution in [0.3, 0.4) is 0 Å². The fraction of sp³-hybridized carbons (Fsp3) is 0.409. The fourth-order valence-electron chi connectivity index (χ4n) is 3.68. The largest absolute Gasteiger partial charge is 0.383 e. The van der Waals surface area contributed by atoms with Crippen molar-refractivity contribution in [2.45, 2.75) is 49.6 Å². The quantitative estimate of drug-likeness (QED) is 0.392. The normalized spacial score (nSPS) is 14.4. The van der Waals surface area contributed by atoms with Crippen LogP contribution in [-0.4, -0.2) is 34.4 Å². The predicted octanol–water partition coefficient (Wildman–Crippen LogP) is 4.76. The summed E-state index contributed by atoms with van der Waals surface area (Å²) in [4.78, 5) is 33.0. The van der Waals surface area contributed by atoms with Crippen LogP contribution in [0.2, 0.25) is 5.02 Å². The van der Waals surface area contributed by atoms with Crippen LogP contribution in [0.4, 0.5) is 5.69 Å². The molecule has 1 aliphatic carbocycles. The van der Waals surface area contributed by atoms with Crippen molar-refractivity contribution in [3.8, 4) is 0 Å². The third-order valence-electron chi connectivity index (χ3n) is 5.32. The number of aromatic nitrogens is 2. The molecule has 1 aliphatic rings. The Hall–Kier alpha value is -1.87. The number of nitrogens with one attached hydrogen (secondary N) is 1. The molecule has 1 aromatic carbocycles. The van der Waals surface area contributed by atoms with Gasteiger partial charge in [-0.05, 0) is 62.4 Å². The van der Waals surface area contributed by atoms with E-state index in [9.17, 15) is 9.59 Å². The van der Waals surface area contributed by atoms with Crippen LogP contribution < -0.4 is 10.9 Å². The number of nitrogens with zero attached hydrogens (tertiary/aromatic N) is 2. The maximum Gasteiger partial charge on any atom is 0.263 e. The number of thiophene rings is 1. The number of carbonyl (C=O) groups is 1. The third kappa shape index (κ3) is 4.82. The standard InChI is InChI=1S/C22H24ClN3O3S2/c1-13(19(27)24-15-9-7-14(23)8-10-15)30-22-25-20-18(21(28)26(22)11-12-29-2)16-5-3-4-6-17(16)31-20/h7-10,13H,3-6,11-12H2,1-2H3,(H,24,27)/t13-/m0/s1. The van der Waals surface area contributed by atoms with Crippen molar-refractivity contribution in [3.05, 3.63) is 50.1 Å². The van der Waals surface area contributed by atoms with Gasteiger partial charge in [0.25, 0.3) is 5.56 Å². The van der Waals surface area contributed by atoms with Gasteiger partial charge >= 0.3 is 0 Å². The number of hydrogen-bond acceptors (Lipinski definition) is 6. The average Bonchev–Trinajstić information content (AvgIpc) is 3.13. The molecule has 31 heavy (non-hydrogen) atoms. The lowest BCUT2D eigenvalue weighted by Crippen LogP contribution is -2.28. The minimum absolute atomic E-state index is 0.0331. The summed E-state index contributed by atoms with van der Waals surface area (Å²) in [6.07, 6.45) is 4.20. The van der Waals surface area contributed by atoms with E-state index in [1.54, 1.807) is 47.3 Å². The fourth-order valence-corrected chi connectivity index (χ4v) is 6.04. The minimum Gasteiger partial charge on any atom is -0.383 e. The number of methoxy groups -OCH3 is 1. The van der Waals surface area contributed by atoms with Crippen molar-refractivity contribution in [2.24, 2.45) is 0 Å². The Kier molecular flexibility index (Phi) is 7.01. The van der Waals surface area contributed by atoms with E-state index < -0.39 is 5.25 Å². The van der Waals surface area contributed by atoms with Gasteiger partial charge in [0.15, 0.2) is 5.16 Å². The zero-order chi connectivity index (χ0) is 22.0. The van der Waals surface area contributed by atoms with Gasteiger partial charge in [-0.3, -0.25) is 14.2 Å². The van der Waals surface area contributed by atoms with Gasteiger partial charge in [-0.15, -0.1) is 11.3 Å². The number of halogens is 1. The Morgan fingerprint density at radius 2 is 2.06 bits per heavy atom. The van der Waals surface area contributed by atoms with E-state index in [2.05, 4.69) is 5.32 Å². The smallest absolute Gasteiger partial charge is 0.263 e. The van der Waals surface area contributed by atoms with E-state index in [0.717, 1.165) is 35.9 Å². The number of hydrogen-bond donors (Lipinski definition) is 1. The number of benzene rings is 1. The molecule has 3 aromatic rings. The minimum atomic E-state index is -0.441. The first kappa shape index (κ1) is 22.3. The van der Waals surface area contributed by atoms with Gasteiger partial charge in [0.2, 0.25) is 5.91 Å². The molecule has 0 unspecified atom stereocenters. The first-order valence-corrected chi connectivity index (χ1v) is 12.3. The molecule has 0 bridgehead atoms. The van der Waals surface area contributed by atoms with E-state index in [1.807, 2.05) is 6.92 Å². The lowest BCUT2D eigenvalue weighted by atomic mass is 9.97. The molecule has 1 atom stereocenters. The van der Waals surface area contributed by atoms with Crippen molar-refractivity contribution in [3.63, 3.8) is 0 Å². The van der Waals surface area contributed by atoms with Crippen molar-refractivity contribution in [1.29, 1.82) is 0 Å². The monoisotopic (exact) mass is 477 g/mol. The molecular formula is C22H24ClN3O3S2. The van der Waals surface area contributed by atoms with Crippen molar-refractivity contribution >= 4 is 56.5 Å². The zero-order valence-electron chi connectivity index (χ0n) is 17.4. The third-order valence-corrected chi connectivity index (χ3v) is 7.85. The molecule has 2 heterocycles.